The summed E-state index contributed by atoms with van der Waals surface area (Å²) in [7, 11) is 0. The van der Waals surface area contributed by atoms with Crippen molar-refractivity contribution in [3.05, 3.63) is 71.7 Å². The number of benzene rings is 1. The molecule has 12 heteroatoms. The minimum Gasteiger partial charge on any atom is -0.352 e. The van der Waals surface area contributed by atoms with Crippen LogP contribution in [-0.2, 0) is 16.1 Å². The second kappa shape index (κ2) is 11.7. The number of amides is 2. The van der Waals surface area contributed by atoms with E-state index >= 15 is 8.78 Å². The van der Waals surface area contributed by atoms with Crippen LogP contribution in [-0.4, -0.2) is 54.9 Å². The second-order valence-corrected chi connectivity index (χ2v) is 11.6. The third kappa shape index (κ3) is 5.79. The first-order chi connectivity index (χ1) is 20.7. The minimum absolute atomic E-state index is 0.0102. The highest BCUT2D eigenvalue weighted by atomic mass is 19.1. The number of pyridine rings is 1. The van der Waals surface area contributed by atoms with Crippen LogP contribution in [0, 0.1) is 17.6 Å². The van der Waals surface area contributed by atoms with Crippen LogP contribution in [0.3, 0.4) is 0 Å². The van der Waals surface area contributed by atoms with Gasteiger partial charge in [-0.15, -0.1) is 0 Å². The Kier molecular flexibility index (Phi) is 7.78. The van der Waals surface area contributed by atoms with Crippen LogP contribution in [0.25, 0.3) is 16.8 Å². The van der Waals surface area contributed by atoms with Crippen LogP contribution >= 0.6 is 0 Å². The lowest BCUT2D eigenvalue weighted by Crippen LogP contribution is -2.54. The summed E-state index contributed by atoms with van der Waals surface area (Å²) in [6.45, 7) is 4.34. The van der Waals surface area contributed by atoms with Crippen molar-refractivity contribution >= 4 is 29.0 Å². The summed E-state index contributed by atoms with van der Waals surface area (Å²) in [6, 6.07) is 7.42. The molecule has 4 heterocycles. The molecular formula is C31H34F2N8O2. The fraction of sp³-hybridized carbons (Fsp3) is 0.387. The topological polar surface area (TPSA) is 131 Å². The van der Waals surface area contributed by atoms with Gasteiger partial charge < -0.3 is 21.3 Å². The maximum Gasteiger partial charge on any atom is 0.229 e. The number of imidazole rings is 1. The molecule has 4 aromatic rings. The number of aromatic nitrogens is 4. The zero-order chi connectivity index (χ0) is 30.2. The maximum atomic E-state index is 15.3. The Labute approximate surface area is 247 Å². The molecule has 1 aromatic carbocycles. The molecular weight excluding hydrogens is 554 g/mol. The molecule has 2 fully saturated rings. The van der Waals surface area contributed by atoms with Gasteiger partial charge in [0.15, 0.2) is 0 Å². The van der Waals surface area contributed by atoms with Gasteiger partial charge >= 0.3 is 0 Å². The first-order valence-electron chi connectivity index (χ1n) is 14.5. The van der Waals surface area contributed by atoms with E-state index in [9.17, 15) is 9.59 Å². The van der Waals surface area contributed by atoms with Crippen molar-refractivity contribution in [2.75, 3.05) is 11.9 Å². The third-order valence-electron chi connectivity index (χ3n) is 8.49. The van der Waals surface area contributed by atoms with Gasteiger partial charge in [-0.3, -0.25) is 14.6 Å². The summed E-state index contributed by atoms with van der Waals surface area (Å²) in [4.78, 5) is 34.0. The SMILES string of the molecule is CC(=O)N[C@@H]1[C@H](N)C[C@H](c2ccncc2Nc2ncc3ccc(-c4c(F)cc(CN5CCCC5=O)cc4F)nn23)C[C@@H]1C. The van der Waals surface area contributed by atoms with E-state index < -0.39 is 11.6 Å². The number of anilines is 2. The Balaban J connectivity index is 1.27. The van der Waals surface area contributed by atoms with Gasteiger partial charge in [0.2, 0.25) is 17.8 Å². The minimum atomic E-state index is -0.752. The monoisotopic (exact) mass is 588 g/mol. The van der Waals surface area contributed by atoms with E-state index in [0.717, 1.165) is 24.1 Å². The van der Waals surface area contributed by atoms with Crippen molar-refractivity contribution in [1.82, 2.24) is 29.8 Å². The van der Waals surface area contributed by atoms with Gasteiger partial charge in [-0.1, -0.05) is 6.92 Å². The molecule has 0 unspecified atom stereocenters. The van der Waals surface area contributed by atoms with Crippen molar-refractivity contribution in [3.8, 4) is 11.3 Å². The predicted molar refractivity (Wildman–Crippen MR) is 157 cm³/mol. The molecule has 3 aromatic heterocycles. The van der Waals surface area contributed by atoms with Gasteiger partial charge in [-0.2, -0.15) is 9.61 Å². The van der Waals surface area contributed by atoms with E-state index in [1.54, 1.807) is 35.6 Å². The summed E-state index contributed by atoms with van der Waals surface area (Å²) in [5, 5.41) is 10.8. The predicted octanol–water partition coefficient (Wildman–Crippen LogP) is 4.28. The van der Waals surface area contributed by atoms with E-state index in [2.05, 4.69) is 32.6 Å². The molecule has 0 bridgehead atoms. The zero-order valence-corrected chi connectivity index (χ0v) is 24.1. The first kappa shape index (κ1) is 28.7. The van der Waals surface area contributed by atoms with Gasteiger partial charge in [0.1, 0.15) is 11.6 Å². The van der Waals surface area contributed by atoms with Gasteiger partial charge in [-0.25, -0.2) is 13.8 Å². The highest BCUT2D eigenvalue weighted by Crippen LogP contribution is 2.39. The van der Waals surface area contributed by atoms with Crippen molar-refractivity contribution in [3.63, 3.8) is 0 Å². The molecule has 10 nitrogen and oxygen atoms in total. The molecule has 1 aliphatic heterocycles. The largest absolute Gasteiger partial charge is 0.352 e. The highest BCUT2D eigenvalue weighted by molar-refractivity contribution is 5.78. The maximum absolute atomic E-state index is 15.3. The van der Waals surface area contributed by atoms with Crippen molar-refractivity contribution in [2.45, 2.75) is 64.1 Å². The molecule has 2 aliphatic rings. The highest BCUT2D eigenvalue weighted by Gasteiger charge is 2.35. The molecule has 1 saturated heterocycles. The van der Waals surface area contributed by atoms with Gasteiger partial charge in [-0.05, 0) is 72.6 Å². The molecule has 4 atom stereocenters. The van der Waals surface area contributed by atoms with Crippen LogP contribution in [0.1, 0.15) is 56.6 Å². The van der Waals surface area contributed by atoms with E-state index in [4.69, 9.17) is 5.73 Å². The van der Waals surface area contributed by atoms with Crippen LogP contribution in [0.2, 0.25) is 0 Å². The van der Waals surface area contributed by atoms with Crippen LogP contribution in [0.15, 0.2) is 48.9 Å². The van der Waals surface area contributed by atoms with Crippen LogP contribution in [0.5, 0.6) is 0 Å². The standard InChI is InChI=1S/C31H34F2N8O2/c1-17-10-20(13-25(34)30(17)37-18(2)42)22-7-8-35-15-27(22)38-31-36-14-21-5-6-26(39-41(21)31)29-23(32)11-19(12-24(29)33)16-40-9-3-4-28(40)43/h5-8,11-12,14-15,17,20,25,30H,3-4,9-10,13,16,34H2,1-2H3,(H,36,38)(H,37,42)/t17-,20+,25+,30-/m0/s1. The zero-order valence-electron chi connectivity index (χ0n) is 24.1. The number of nitrogens with one attached hydrogen (secondary N) is 2. The average Bonchev–Trinajstić information content (AvgIpc) is 3.55. The number of nitrogens with two attached hydrogens (primary N) is 1. The summed E-state index contributed by atoms with van der Waals surface area (Å²) in [6.07, 6.45) is 7.77. The van der Waals surface area contributed by atoms with Gasteiger partial charge in [0, 0.05) is 44.7 Å². The number of hydrogen-bond acceptors (Lipinski definition) is 7. The number of carbonyl (C=O) groups is 2. The molecule has 1 saturated carbocycles. The Bertz CT molecular complexity index is 1660. The Morgan fingerprint density at radius 2 is 1.93 bits per heavy atom. The lowest BCUT2D eigenvalue weighted by atomic mass is 9.73. The van der Waals surface area contributed by atoms with Crippen molar-refractivity contribution in [1.29, 1.82) is 0 Å². The number of halogens is 2. The molecule has 43 heavy (non-hydrogen) atoms. The summed E-state index contributed by atoms with van der Waals surface area (Å²) < 4.78 is 32.1. The van der Waals surface area contributed by atoms with E-state index in [0.29, 0.717) is 36.4 Å². The summed E-state index contributed by atoms with van der Waals surface area (Å²) >= 11 is 0. The quantitative estimate of drug-likeness (QED) is 0.294. The van der Waals surface area contributed by atoms with Crippen LogP contribution < -0.4 is 16.4 Å². The molecule has 6 rings (SSSR count). The number of likely N-dealkylation sites (tertiary alicyclic amines) is 1. The molecule has 4 N–H and O–H groups in total. The Morgan fingerprint density at radius 1 is 1.14 bits per heavy atom. The Morgan fingerprint density at radius 3 is 2.63 bits per heavy atom. The number of carbonyl (C=O) groups excluding carboxylic acids is 2. The number of hydrogen-bond donors (Lipinski definition) is 3. The molecule has 224 valence electrons. The summed E-state index contributed by atoms with van der Waals surface area (Å²) in [5.74, 6) is -0.959. The smallest absolute Gasteiger partial charge is 0.229 e. The summed E-state index contributed by atoms with van der Waals surface area (Å²) in [5.41, 5.74) is 9.12. The fourth-order valence-corrected chi connectivity index (χ4v) is 6.47. The number of fused-ring (bicyclic) bond motifs is 1. The number of nitrogens with zero attached hydrogens (tertiary/aromatic N) is 5. The van der Waals surface area contributed by atoms with Crippen LogP contribution in [0.4, 0.5) is 20.4 Å². The molecule has 0 radical (unpaired) electrons. The lowest BCUT2D eigenvalue weighted by Gasteiger charge is -2.39. The fourth-order valence-electron chi connectivity index (χ4n) is 6.47. The third-order valence-corrected chi connectivity index (χ3v) is 8.49. The Hall–Kier alpha value is -4.45. The second-order valence-electron chi connectivity index (χ2n) is 11.6. The van der Waals surface area contributed by atoms with Crippen molar-refractivity contribution < 1.29 is 18.4 Å². The van der Waals surface area contributed by atoms with Crippen molar-refractivity contribution in [2.24, 2.45) is 11.7 Å². The average molecular weight is 589 g/mol. The number of rotatable bonds is 7. The molecule has 0 spiro atoms. The van der Waals surface area contributed by atoms with E-state index in [1.807, 2.05) is 6.07 Å². The molecule has 2 amide bonds. The lowest BCUT2D eigenvalue weighted by molar-refractivity contribution is -0.128. The normalized spacial score (nSPS) is 22.3. The molecule has 1 aliphatic carbocycles. The van der Waals surface area contributed by atoms with Gasteiger partial charge in [0.05, 0.1) is 34.9 Å². The first-order valence-corrected chi connectivity index (χ1v) is 14.5. The van der Waals surface area contributed by atoms with Gasteiger partial charge in [0.25, 0.3) is 0 Å². The van der Waals surface area contributed by atoms with E-state index in [1.165, 1.54) is 23.6 Å². The van der Waals surface area contributed by atoms with E-state index in [-0.39, 0.29) is 53.5 Å².